The number of H-pyrrole nitrogens is 2. The van der Waals surface area contributed by atoms with Crippen molar-refractivity contribution in [3.05, 3.63) is 71.8 Å². The minimum atomic E-state index is -0.0554. The molecule has 1 amide bonds. The van der Waals surface area contributed by atoms with Gasteiger partial charge >= 0.3 is 0 Å². The molecule has 0 aliphatic heterocycles. The minimum absolute atomic E-state index is 0.0554. The molecule has 9 heteroatoms. The third kappa shape index (κ3) is 7.25. The van der Waals surface area contributed by atoms with Gasteiger partial charge in [0.25, 0.3) is 5.91 Å². The fraction of sp³-hybridized carbons (Fsp3) is 0.519. The van der Waals surface area contributed by atoms with E-state index in [4.69, 9.17) is 0 Å². The van der Waals surface area contributed by atoms with E-state index in [0.29, 0.717) is 30.7 Å². The molecule has 0 spiro atoms. The molecule has 1 aliphatic rings. The van der Waals surface area contributed by atoms with E-state index in [1.54, 1.807) is 29.7 Å². The number of aliphatic hydroxyl groups excluding tert-OH is 1. The summed E-state index contributed by atoms with van der Waals surface area (Å²) >= 11 is 0. The summed E-state index contributed by atoms with van der Waals surface area (Å²) in [7, 11) is 0. The molecule has 1 aliphatic carbocycles. The third-order valence-electron chi connectivity index (χ3n) is 6.99. The van der Waals surface area contributed by atoms with Crippen molar-refractivity contribution in [2.24, 2.45) is 0 Å². The van der Waals surface area contributed by atoms with E-state index < -0.39 is 0 Å². The molecule has 1 fully saturated rings. The van der Waals surface area contributed by atoms with Crippen LogP contribution in [0.5, 0.6) is 0 Å². The Morgan fingerprint density at radius 1 is 1.00 bits per heavy atom. The molecule has 36 heavy (non-hydrogen) atoms. The Hall–Kier alpha value is -3.01. The number of aromatic nitrogens is 4. The summed E-state index contributed by atoms with van der Waals surface area (Å²) in [6, 6.07) is 8.99. The molecule has 9 nitrogen and oxygen atoms in total. The molecule has 2 aromatic heterocycles. The Balaban J connectivity index is 1.29. The second-order valence-corrected chi connectivity index (χ2v) is 9.58. The molecular formula is C27H39N7O2. The quantitative estimate of drug-likeness (QED) is 0.291. The van der Waals surface area contributed by atoms with Crippen LogP contribution in [0.15, 0.2) is 49.1 Å². The van der Waals surface area contributed by atoms with Gasteiger partial charge in [0.15, 0.2) is 0 Å². The molecule has 0 atom stereocenters. The van der Waals surface area contributed by atoms with Crippen LogP contribution in [0.3, 0.4) is 0 Å². The average Bonchev–Trinajstić information content (AvgIpc) is 3.62. The number of carbonyl (C=O) groups excluding carboxylic acids is 1. The number of hydrogen-bond donors (Lipinski definition) is 4. The first-order chi connectivity index (χ1) is 17.7. The summed E-state index contributed by atoms with van der Waals surface area (Å²) in [4.78, 5) is 32.2. The number of nitrogens with one attached hydrogen (secondary N) is 3. The van der Waals surface area contributed by atoms with Gasteiger partial charge in [0.1, 0.15) is 11.6 Å². The first-order valence-electron chi connectivity index (χ1n) is 13.1. The maximum absolute atomic E-state index is 13.3. The lowest BCUT2D eigenvalue weighted by Crippen LogP contribution is -2.43. The van der Waals surface area contributed by atoms with Gasteiger partial charge in [-0.15, -0.1) is 0 Å². The Labute approximate surface area is 213 Å². The number of aromatic amines is 2. The second kappa shape index (κ2) is 13.3. The Kier molecular flexibility index (Phi) is 9.66. The zero-order valence-corrected chi connectivity index (χ0v) is 21.2. The molecule has 0 radical (unpaired) electrons. The standard InChI is InChI=1S/C27H39N7O2/c1-2-15-33(16-17-35)24-9-7-23(8-10-24)32-18-21-3-5-22(6-4-21)27(36)34(19-25-28-11-12-29-25)20-26-30-13-14-31-26/h3-6,11-14,23-24,32,35H,2,7-10,15-20H2,1H3,(H,28,29)(H,30,31). The highest BCUT2D eigenvalue weighted by atomic mass is 16.3. The third-order valence-corrected chi connectivity index (χ3v) is 6.99. The molecule has 3 aromatic rings. The van der Waals surface area contributed by atoms with Crippen LogP contribution in [0.4, 0.5) is 0 Å². The van der Waals surface area contributed by atoms with Gasteiger partial charge in [-0.3, -0.25) is 9.69 Å². The molecule has 4 N–H and O–H groups in total. The van der Waals surface area contributed by atoms with Gasteiger partial charge in [-0.25, -0.2) is 9.97 Å². The molecule has 1 saturated carbocycles. The van der Waals surface area contributed by atoms with Crippen LogP contribution in [-0.4, -0.2) is 72.5 Å². The van der Waals surface area contributed by atoms with Crippen molar-refractivity contribution in [1.82, 2.24) is 35.1 Å². The molecule has 0 unspecified atom stereocenters. The van der Waals surface area contributed by atoms with E-state index in [0.717, 1.165) is 50.5 Å². The summed E-state index contributed by atoms with van der Waals surface area (Å²) in [6.45, 7) is 5.84. The van der Waals surface area contributed by atoms with Crippen LogP contribution in [0.2, 0.25) is 0 Å². The van der Waals surface area contributed by atoms with Crippen molar-refractivity contribution in [1.29, 1.82) is 0 Å². The van der Waals surface area contributed by atoms with Gasteiger partial charge in [0.05, 0.1) is 19.7 Å². The number of rotatable bonds is 13. The van der Waals surface area contributed by atoms with E-state index in [1.807, 2.05) is 24.3 Å². The zero-order valence-electron chi connectivity index (χ0n) is 21.2. The topological polar surface area (TPSA) is 113 Å². The zero-order chi connectivity index (χ0) is 25.2. The number of aliphatic hydroxyl groups is 1. The highest BCUT2D eigenvalue weighted by molar-refractivity contribution is 5.94. The molecule has 4 rings (SSSR count). The van der Waals surface area contributed by atoms with E-state index in [2.05, 4.69) is 37.1 Å². The maximum atomic E-state index is 13.3. The molecule has 1 aromatic carbocycles. The fourth-order valence-corrected chi connectivity index (χ4v) is 5.08. The van der Waals surface area contributed by atoms with Gasteiger partial charge in [-0.05, 0) is 56.3 Å². The van der Waals surface area contributed by atoms with Gasteiger partial charge < -0.3 is 25.3 Å². The minimum Gasteiger partial charge on any atom is -0.395 e. The van der Waals surface area contributed by atoms with E-state index in [9.17, 15) is 9.90 Å². The monoisotopic (exact) mass is 493 g/mol. The van der Waals surface area contributed by atoms with Crippen molar-refractivity contribution < 1.29 is 9.90 Å². The van der Waals surface area contributed by atoms with Crippen LogP contribution in [0.1, 0.15) is 66.6 Å². The number of amides is 1. The summed E-state index contributed by atoms with van der Waals surface area (Å²) in [5.74, 6) is 1.42. The molecule has 194 valence electrons. The molecule has 2 heterocycles. The molecule has 0 saturated heterocycles. The van der Waals surface area contributed by atoms with Crippen molar-refractivity contribution in [3.8, 4) is 0 Å². The summed E-state index contributed by atoms with van der Waals surface area (Å²) in [5.41, 5.74) is 1.82. The van der Waals surface area contributed by atoms with Crippen LogP contribution < -0.4 is 5.32 Å². The highest BCUT2D eigenvalue weighted by Crippen LogP contribution is 2.24. The summed E-state index contributed by atoms with van der Waals surface area (Å²) < 4.78 is 0. The fourth-order valence-electron chi connectivity index (χ4n) is 5.08. The summed E-state index contributed by atoms with van der Waals surface area (Å²) in [5, 5.41) is 13.1. The highest BCUT2D eigenvalue weighted by Gasteiger charge is 2.25. The predicted molar refractivity (Wildman–Crippen MR) is 139 cm³/mol. The lowest BCUT2D eigenvalue weighted by Gasteiger charge is -2.37. The first-order valence-corrected chi connectivity index (χ1v) is 13.1. The molecular weight excluding hydrogens is 454 g/mol. The van der Waals surface area contributed by atoms with Gasteiger partial charge in [-0.1, -0.05) is 19.1 Å². The molecule has 0 bridgehead atoms. The Morgan fingerprint density at radius 2 is 1.64 bits per heavy atom. The SMILES string of the molecule is CCCN(CCO)C1CCC(NCc2ccc(C(=O)N(Cc3ncc[nH]3)Cc3ncc[nH]3)cc2)CC1. The largest absolute Gasteiger partial charge is 0.395 e. The van der Waals surface area contributed by atoms with Crippen LogP contribution in [-0.2, 0) is 19.6 Å². The van der Waals surface area contributed by atoms with Crippen LogP contribution >= 0.6 is 0 Å². The van der Waals surface area contributed by atoms with Crippen molar-refractivity contribution >= 4 is 5.91 Å². The van der Waals surface area contributed by atoms with Crippen LogP contribution in [0.25, 0.3) is 0 Å². The normalized spacial score (nSPS) is 18.0. The lowest BCUT2D eigenvalue weighted by molar-refractivity contribution is 0.0721. The van der Waals surface area contributed by atoms with E-state index in [-0.39, 0.29) is 12.5 Å². The van der Waals surface area contributed by atoms with Gasteiger partial charge in [0.2, 0.25) is 0 Å². The number of imidazole rings is 2. The number of nitrogens with zero attached hydrogens (tertiary/aromatic N) is 4. The van der Waals surface area contributed by atoms with Crippen molar-refractivity contribution in [2.75, 3.05) is 19.7 Å². The lowest BCUT2D eigenvalue weighted by atomic mass is 9.90. The number of benzene rings is 1. The maximum Gasteiger partial charge on any atom is 0.254 e. The Morgan fingerprint density at radius 3 is 2.17 bits per heavy atom. The van der Waals surface area contributed by atoms with Crippen molar-refractivity contribution in [3.63, 3.8) is 0 Å². The van der Waals surface area contributed by atoms with Crippen molar-refractivity contribution in [2.45, 2.75) is 70.7 Å². The average molecular weight is 494 g/mol. The summed E-state index contributed by atoms with van der Waals surface area (Å²) in [6.07, 6.45) is 12.7. The van der Waals surface area contributed by atoms with Gasteiger partial charge in [-0.2, -0.15) is 0 Å². The number of carbonyl (C=O) groups is 1. The smallest absolute Gasteiger partial charge is 0.254 e. The predicted octanol–water partition coefficient (Wildman–Crippen LogP) is 3.08. The van der Waals surface area contributed by atoms with E-state index in [1.165, 1.54) is 18.4 Å². The van der Waals surface area contributed by atoms with E-state index >= 15 is 0 Å². The number of hydrogen-bond acceptors (Lipinski definition) is 6. The van der Waals surface area contributed by atoms with Gasteiger partial charge in [0, 0.05) is 55.5 Å². The Bertz CT molecular complexity index is 971. The second-order valence-electron chi connectivity index (χ2n) is 9.58. The van der Waals surface area contributed by atoms with Crippen LogP contribution in [0, 0.1) is 0 Å². The first kappa shape index (κ1) is 26.1.